The van der Waals surface area contributed by atoms with Crippen molar-refractivity contribution in [3.63, 3.8) is 0 Å². The maximum Gasteiger partial charge on any atom is 0.306 e. The van der Waals surface area contributed by atoms with Crippen molar-refractivity contribution < 1.29 is 23.8 Å². The Bertz CT molecular complexity index is 830. The van der Waals surface area contributed by atoms with Gasteiger partial charge >= 0.3 is 11.9 Å². The van der Waals surface area contributed by atoms with E-state index in [0.29, 0.717) is 26.1 Å². The number of ether oxygens (including phenoxy) is 3. The second-order valence-corrected chi connectivity index (χ2v) is 18.9. The van der Waals surface area contributed by atoms with Crippen molar-refractivity contribution in [1.29, 1.82) is 0 Å². The van der Waals surface area contributed by atoms with E-state index in [4.69, 9.17) is 14.2 Å². The lowest BCUT2D eigenvalue weighted by Crippen LogP contribution is -2.30. The minimum atomic E-state index is -0.521. The molecule has 0 aliphatic rings. The van der Waals surface area contributed by atoms with Crippen LogP contribution in [0.5, 0.6) is 0 Å². The van der Waals surface area contributed by atoms with Crippen molar-refractivity contribution in [3.8, 4) is 0 Å². The van der Waals surface area contributed by atoms with E-state index in [2.05, 4.69) is 20.8 Å². The summed E-state index contributed by atoms with van der Waals surface area (Å²) in [5, 5.41) is 0. The van der Waals surface area contributed by atoms with Crippen LogP contribution in [0, 0.1) is 0 Å². The van der Waals surface area contributed by atoms with Crippen molar-refractivity contribution in [2.45, 2.75) is 322 Å². The fourth-order valence-corrected chi connectivity index (χ4v) is 8.51. The molecule has 0 spiro atoms. The normalized spacial score (nSPS) is 12.0. The molecule has 0 bridgehead atoms. The Morgan fingerprint density at radius 2 is 0.550 bits per heavy atom. The summed E-state index contributed by atoms with van der Waals surface area (Å²) >= 11 is 0. The highest BCUT2D eigenvalue weighted by Gasteiger charge is 2.17. The van der Waals surface area contributed by atoms with Gasteiger partial charge in [0.1, 0.15) is 6.61 Å². The molecule has 0 aliphatic heterocycles. The van der Waals surface area contributed by atoms with E-state index < -0.39 is 6.10 Å². The molecule has 358 valence electrons. The number of hydrogen-bond acceptors (Lipinski definition) is 5. The van der Waals surface area contributed by atoms with E-state index in [1.54, 1.807) is 0 Å². The van der Waals surface area contributed by atoms with Gasteiger partial charge in [-0.05, 0) is 19.3 Å². The lowest BCUT2D eigenvalue weighted by Gasteiger charge is -2.18. The van der Waals surface area contributed by atoms with E-state index in [1.165, 1.54) is 244 Å². The fourth-order valence-electron chi connectivity index (χ4n) is 8.51. The molecule has 0 aromatic heterocycles. The summed E-state index contributed by atoms with van der Waals surface area (Å²) in [5.74, 6) is -0.372. The largest absolute Gasteiger partial charge is 0.462 e. The molecule has 5 nitrogen and oxygen atoms in total. The van der Waals surface area contributed by atoms with Crippen LogP contribution in [-0.4, -0.2) is 37.9 Å². The summed E-state index contributed by atoms with van der Waals surface area (Å²) in [7, 11) is 0. The van der Waals surface area contributed by atoms with Crippen LogP contribution >= 0.6 is 0 Å². The molecule has 1 unspecified atom stereocenters. The molecule has 0 fully saturated rings. The summed E-state index contributed by atoms with van der Waals surface area (Å²) in [6.45, 7) is 7.88. The third-order valence-electron chi connectivity index (χ3n) is 12.6. The monoisotopic (exact) mass is 849 g/mol. The average molecular weight is 849 g/mol. The van der Waals surface area contributed by atoms with Gasteiger partial charge in [-0.25, -0.2) is 0 Å². The highest BCUT2D eigenvalue weighted by atomic mass is 16.6. The van der Waals surface area contributed by atoms with Gasteiger partial charge in [0, 0.05) is 19.4 Å². The maximum atomic E-state index is 12.8. The van der Waals surface area contributed by atoms with Gasteiger partial charge in [0.15, 0.2) is 6.10 Å². The molecular weight excluding hydrogens is 741 g/mol. The Balaban J connectivity index is 3.96. The van der Waals surface area contributed by atoms with Crippen LogP contribution in [0.3, 0.4) is 0 Å². The van der Waals surface area contributed by atoms with E-state index in [-0.39, 0.29) is 18.5 Å². The molecule has 1 atom stereocenters. The molecule has 60 heavy (non-hydrogen) atoms. The number of rotatable bonds is 52. The van der Waals surface area contributed by atoms with Gasteiger partial charge in [-0.15, -0.1) is 0 Å². The number of hydrogen-bond donors (Lipinski definition) is 0. The van der Waals surface area contributed by atoms with Crippen molar-refractivity contribution in [1.82, 2.24) is 0 Å². The summed E-state index contributed by atoms with van der Waals surface area (Å²) in [6, 6.07) is 0. The zero-order valence-corrected chi connectivity index (χ0v) is 41.3. The molecule has 0 aromatic rings. The number of unbranched alkanes of at least 4 members (excludes halogenated alkanes) is 41. The summed E-state index contributed by atoms with van der Waals surface area (Å²) in [5.41, 5.74) is 0. The summed E-state index contributed by atoms with van der Waals surface area (Å²) < 4.78 is 17.3. The van der Waals surface area contributed by atoms with Crippen LogP contribution in [0.25, 0.3) is 0 Å². The molecule has 5 heteroatoms. The van der Waals surface area contributed by atoms with E-state index >= 15 is 0 Å². The Morgan fingerprint density at radius 3 is 0.850 bits per heavy atom. The highest BCUT2D eigenvalue weighted by molar-refractivity contribution is 5.70. The smallest absolute Gasteiger partial charge is 0.306 e. The first-order valence-electron chi connectivity index (χ1n) is 27.6. The summed E-state index contributed by atoms with van der Waals surface area (Å²) in [6.07, 6.45) is 58.5. The minimum absolute atomic E-state index is 0.0966. The van der Waals surface area contributed by atoms with Gasteiger partial charge in [0.25, 0.3) is 0 Å². The molecule has 0 rings (SSSR count). The van der Waals surface area contributed by atoms with Crippen molar-refractivity contribution in [3.05, 3.63) is 0 Å². The predicted octanol–water partition coefficient (Wildman–Crippen LogP) is 18.5. The second kappa shape index (κ2) is 52.2. The molecular formula is C55H108O5. The maximum absolute atomic E-state index is 12.8. The second-order valence-electron chi connectivity index (χ2n) is 18.9. The lowest BCUT2D eigenvalue weighted by molar-refractivity contribution is -0.163. The van der Waals surface area contributed by atoms with Crippen LogP contribution in [0.1, 0.15) is 316 Å². The van der Waals surface area contributed by atoms with Crippen molar-refractivity contribution >= 4 is 11.9 Å². The average Bonchev–Trinajstić information content (AvgIpc) is 3.25. The van der Waals surface area contributed by atoms with Crippen molar-refractivity contribution in [2.75, 3.05) is 19.8 Å². The molecule has 0 heterocycles. The van der Waals surface area contributed by atoms with Gasteiger partial charge in [-0.1, -0.05) is 284 Å². The van der Waals surface area contributed by atoms with E-state index in [0.717, 1.165) is 38.5 Å². The molecule has 0 aromatic carbocycles. The van der Waals surface area contributed by atoms with Gasteiger partial charge < -0.3 is 14.2 Å². The first-order valence-corrected chi connectivity index (χ1v) is 27.6. The highest BCUT2D eigenvalue weighted by Crippen LogP contribution is 2.17. The molecule has 0 radical (unpaired) electrons. The topological polar surface area (TPSA) is 61.8 Å². The van der Waals surface area contributed by atoms with Crippen LogP contribution in [0.4, 0.5) is 0 Å². The third kappa shape index (κ3) is 49.6. The number of carbonyl (C=O) groups excluding carboxylic acids is 2. The third-order valence-corrected chi connectivity index (χ3v) is 12.6. The molecule has 0 saturated carbocycles. The van der Waals surface area contributed by atoms with Gasteiger partial charge in [0.05, 0.1) is 6.61 Å². The number of esters is 2. The Hall–Kier alpha value is -1.10. The minimum Gasteiger partial charge on any atom is -0.462 e. The van der Waals surface area contributed by atoms with E-state index in [9.17, 15) is 9.59 Å². The lowest BCUT2D eigenvalue weighted by atomic mass is 10.0. The first kappa shape index (κ1) is 58.9. The Morgan fingerprint density at radius 1 is 0.300 bits per heavy atom. The molecule has 0 amide bonds. The molecule has 0 saturated heterocycles. The SMILES string of the molecule is CCCCCCCCCCCCCCCCCCCCCC(=O)OCC(COCCCCCCCC)OC(=O)CCCCCCCCCCCCCCCCCCCCC. The summed E-state index contributed by atoms with van der Waals surface area (Å²) in [4.78, 5) is 25.3. The van der Waals surface area contributed by atoms with Crippen LogP contribution < -0.4 is 0 Å². The quantitative estimate of drug-likeness (QED) is 0.0451. The van der Waals surface area contributed by atoms with Crippen LogP contribution in [0.15, 0.2) is 0 Å². The van der Waals surface area contributed by atoms with Gasteiger partial charge in [-0.3, -0.25) is 9.59 Å². The standard InChI is InChI=1S/C55H108O5/c1-4-7-10-13-16-18-20-22-24-26-28-30-32-34-36-38-40-42-45-48-54(56)59-52-53(51-58-50-47-44-15-12-9-6-3)60-55(57)49-46-43-41-39-37-35-33-31-29-27-25-23-21-19-17-14-11-8-5-2/h53H,4-52H2,1-3H3. The molecule has 0 N–H and O–H groups in total. The molecule has 0 aliphatic carbocycles. The van der Waals surface area contributed by atoms with Crippen LogP contribution in [-0.2, 0) is 23.8 Å². The zero-order valence-electron chi connectivity index (χ0n) is 41.3. The van der Waals surface area contributed by atoms with Gasteiger partial charge in [-0.2, -0.15) is 0 Å². The Labute approximate surface area is 376 Å². The van der Waals surface area contributed by atoms with E-state index in [1.807, 2.05) is 0 Å². The predicted molar refractivity (Wildman–Crippen MR) is 261 cm³/mol. The number of carbonyl (C=O) groups is 2. The Kier molecular flexibility index (Phi) is 51.3. The first-order chi connectivity index (χ1) is 29.6. The van der Waals surface area contributed by atoms with Gasteiger partial charge in [0.2, 0.25) is 0 Å². The zero-order chi connectivity index (χ0) is 43.5. The fraction of sp³-hybridized carbons (Fsp3) is 0.964. The van der Waals surface area contributed by atoms with Crippen molar-refractivity contribution in [2.24, 2.45) is 0 Å². The van der Waals surface area contributed by atoms with Crippen LogP contribution in [0.2, 0.25) is 0 Å².